The van der Waals surface area contributed by atoms with Crippen molar-refractivity contribution >= 4 is 11.6 Å². The molecule has 0 saturated carbocycles. The smallest absolute Gasteiger partial charge is 0.138 e. The van der Waals surface area contributed by atoms with E-state index in [0.717, 1.165) is 23.8 Å². The number of nitrogens with zero attached hydrogens (tertiary/aromatic N) is 4. The Morgan fingerprint density at radius 2 is 2.05 bits per heavy atom. The van der Waals surface area contributed by atoms with E-state index in [2.05, 4.69) is 48.1 Å². The van der Waals surface area contributed by atoms with Crippen LogP contribution < -0.4 is 11.1 Å². The molecule has 0 aliphatic rings. The molecule has 0 amide bonds. The first-order valence-corrected chi connectivity index (χ1v) is 7.16. The summed E-state index contributed by atoms with van der Waals surface area (Å²) in [6.07, 6.45) is 3.72. The zero-order valence-electron chi connectivity index (χ0n) is 13.4. The van der Waals surface area contributed by atoms with Crippen molar-refractivity contribution < 1.29 is 0 Å². The van der Waals surface area contributed by atoms with Gasteiger partial charge in [-0.1, -0.05) is 20.8 Å². The molecule has 21 heavy (non-hydrogen) atoms. The van der Waals surface area contributed by atoms with Crippen molar-refractivity contribution in [2.24, 2.45) is 0 Å². The van der Waals surface area contributed by atoms with Crippen molar-refractivity contribution in [2.75, 3.05) is 11.1 Å². The zero-order chi connectivity index (χ0) is 15.6. The number of anilines is 2. The first-order valence-electron chi connectivity index (χ1n) is 7.16. The quantitative estimate of drug-likeness (QED) is 0.902. The third-order valence-electron chi connectivity index (χ3n) is 3.26. The van der Waals surface area contributed by atoms with Crippen LogP contribution in [0.4, 0.5) is 11.6 Å². The Morgan fingerprint density at radius 1 is 1.33 bits per heavy atom. The van der Waals surface area contributed by atoms with Crippen molar-refractivity contribution in [1.82, 2.24) is 19.7 Å². The molecular weight excluding hydrogens is 264 g/mol. The van der Waals surface area contributed by atoms with Crippen LogP contribution in [0.1, 0.15) is 39.1 Å². The van der Waals surface area contributed by atoms with E-state index in [1.54, 1.807) is 6.20 Å². The first-order chi connectivity index (χ1) is 9.77. The highest BCUT2D eigenvalue weighted by atomic mass is 15.3. The highest BCUT2D eigenvalue weighted by Crippen LogP contribution is 2.25. The molecule has 3 N–H and O–H groups in total. The number of nitrogens with two attached hydrogens (primary N) is 1. The predicted molar refractivity (Wildman–Crippen MR) is 85.2 cm³/mol. The van der Waals surface area contributed by atoms with Crippen LogP contribution in [0, 0.1) is 6.92 Å². The van der Waals surface area contributed by atoms with Crippen molar-refractivity contribution in [2.45, 2.75) is 52.6 Å². The molecule has 1 atom stereocenters. The Kier molecular flexibility index (Phi) is 4.16. The lowest BCUT2D eigenvalue weighted by Gasteiger charge is -2.22. The van der Waals surface area contributed by atoms with Crippen LogP contribution in [0.5, 0.6) is 0 Å². The van der Waals surface area contributed by atoms with Gasteiger partial charge in [0.1, 0.15) is 17.5 Å². The Labute approximate surface area is 125 Å². The van der Waals surface area contributed by atoms with Crippen LogP contribution in [-0.2, 0) is 12.0 Å². The maximum Gasteiger partial charge on any atom is 0.138 e. The second kappa shape index (κ2) is 5.71. The lowest BCUT2D eigenvalue weighted by atomic mass is 9.95. The van der Waals surface area contributed by atoms with E-state index >= 15 is 0 Å². The van der Waals surface area contributed by atoms with Gasteiger partial charge in [-0.2, -0.15) is 5.10 Å². The van der Waals surface area contributed by atoms with E-state index in [1.165, 1.54) is 0 Å². The maximum absolute atomic E-state index is 6.02. The largest absolute Gasteiger partial charge is 0.383 e. The molecule has 1 unspecified atom stereocenters. The summed E-state index contributed by atoms with van der Waals surface area (Å²) in [5.74, 6) is 2.08. The molecular formula is C15H24N6. The van der Waals surface area contributed by atoms with Gasteiger partial charge in [0.25, 0.3) is 0 Å². The second-order valence-corrected chi connectivity index (χ2v) is 6.43. The van der Waals surface area contributed by atoms with Gasteiger partial charge in [0, 0.05) is 29.4 Å². The van der Waals surface area contributed by atoms with Crippen molar-refractivity contribution in [3.63, 3.8) is 0 Å². The predicted octanol–water partition coefficient (Wildman–Crippen LogP) is 2.36. The highest BCUT2D eigenvalue weighted by Gasteiger charge is 2.21. The Morgan fingerprint density at radius 3 is 2.62 bits per heavy atom. The SMILES string of the molecule is Cc1c(N)nc(C(C)(C)C)nc1NC(C)Cn1cccn1. The summed E-state index contributed by atoms with van der Waals surface area (Å²) < 4.78 is 1.89. The number of nitrogen functional groups attached to an aromatic ring is 1. The molecule has 0 bridgehead atoms. The molecule has 0 saturated heterocycles. The third kappa shape index (κ3) is 3.71. The van der Waals surface area contributed by atoms with Crippen LogP contribution in [0.25, 0.3) is 0 Å². The molecule has 0 fully saturated rings. The fourth-order valence-electron chi connectivity index (χ4n) is 1.98. The van der Waals surface area contributed by atoms with E-state index < -0.39 is 0 Å². The van der Waals surface area contributed by atoms with Crippen LogP contribution in [-0.4, -0.2) is 25.8 Å². The highest BCUT2D eigenvalue weighted by molar-refractivity contribution is 5.55. The molecule has 2 aromatic heterocycles. The molecule has 2 rings (SSSR count). The summed E-state index contributed by atoms with van der Waals surface area (Å²) in [6, 6.07) is 2.10. The lowest BCUT2D eigenvalue weighted by Crippen LogP contribution is -2.25. The monoisotopic (exact) mass is 288 g/mol. The van der Waals surface area contributed by atoms with Gasteiger partial charge >= 0.3 is 0 Å². The normalized spacial score (nSPS) is 13.2. The summed E-state index contributed by atoms with van der Waals surface area (Å²) in [7, 11) is 0. The van der Waals surface area contributed by atoms with Crippen LogP contribution in [0.15, 0.2) is 18.5 Å². The molecule has 114 valence electrons. The summed E-state index contributed by atoms with van der Waals surface area (Å²) in [5.41, 5.74) is 6.77. The van der Waals surface area contributed by atoms with Crippen LogP contribution in [0.3, 0.4) is 0 Å². The molecule has 0 radical (unpaired) electrons. The van der Waals surface area contributed by atoms with E-state index in [-0.39, 0.29) is 11.5 Å². The Hall–Kier alpha value is -2.11. The molecule has 2 aromatic rings. The topological polar surface area (TPSA) is 81.6 Å². The minimum absolute atomic E-state index is 0.135. The van der Waals surface area contributed by atoms with Crippen molar-refractivity contribution in [1.29, 1.82) is 0 Å². The molecule has 2 heterocycles. The number of hydrogen-bond acceptors (Lipinski definition) is 5. The second-order valence-electron chi connectivity index (χ2n) is 6.43. The van der Waals surface area contributed by atoms with Crippen molar-refractivity contribution in [3.8, 4) is 0 Å². The number of nitrogens with one attached hydrogen (secondary N) is 1. The van der Waals surface area contributed by atoms with Gasteiger partial charge in [0.15, 0.2) is 0 Å². The minimum atomic E-state index is -0.135. The van der Waals surface area contributed by atoms with Gasteiger partial charge in [-0.25, -0.2) is 9.97 Å². The molecule has 0 aromatic carbocycles. The van der Waals surface area contributed by atoms with E-state index in [9.17, 15) is 0 Å². The zero-order valence-corrected chi connectivity index (χ0v) is 13.4. The summed E-state index contributed by atoms with van der Waals surface area (Å²) >= 11 is 0. The number of rotatable bonds is 4. The van der Waals surface area contributed by atoms with Gasteiger partial charge in [0.05, 0.1) is 6.54 Å². The molecule has 0 aliphatic heterocycles. The fourth-order valence-corrected chi connectivity index (χ4v) is 1.98. The number of aromatic nitrogens is 4. The summed E-state index contributed by atoms with van der Waals surface area (Å²) in [5, 5.41) is 7.62. The average molecular weight is 288 g/mol. The van der Waals surface area contributed by atoms with E-state index in [0.29, 0.717) is 5.82 Å². The standard InChI is InChI=1S/C15H24N6/c1-10(9-21-8-6-7-17-21)18-13-11(2)12(16)19-14(20-13)15(3,4)5/h6-8,10H,9H2,1-5H3,(H3,16,18,19,20). The van der Waals surface area contributed by atoms with E-state index in [4.69, 9.17) is 5.73 Å². The fraction of sp³-hybridized carbons (Fsp3) is 0.533. The Bertz CT molecular complexity index is 597. The van der Waals surface area contributed by atoms with Gasteiger partial charge < -0.3 is 11.1 Å². The third-order valence-corrected chi connectivity index (χ3v) is 3.26. The molecule has 0 spiro atoms. The summed E-state index contributed by atoms with van der Waals surface area (Å²) in [4.78, 5) is 9.04. The van der Waals surface area contributed by atoms with Gasteiger partial charge in [-0.05, 0) is 19.9 Å². The first kappa shape index (κ1) is 15.3. The van der Waals surface area contributed by atoms with E-state index in [1.807, 2.05) is 23.9 Å². The average Bonchev–Trinajstić information content (AvgIpc) is 2.86. The molecule has 6 heteroatoms. The lowest BCUT2D eigenvalue weighted by molar-refractivity contribution is 0.540. The molecule has 6 nitrogen and oxygen atoms in total. The molecule has 0 aliphatic carbocycles. The summed E-state index contributed by atoms with van der Waals surface area (Å²) in [6.45, 7) is 11.0. The number of hydrogen-bond donors (Lipinski definition) is 2. The van der Waals surface area contributed by atoms with Crippen molar-refractivity contribution in [3.05, 3.63) is 29.8 Å². The van der Waals surface area contributed by atoms with Crippen LogP contribution in [0.2, 0.25) is 0 Å². The minimum Gasteiger partial charge on any atom is -0.383 e. The van der Waals surface area contributed by atoms with Gasteiger partial charge in [-0.3, -0.25) is 4.68 Å². The van der Waals surface area contributed by atoms with Gasteiger partial charge in [0.2, 0.25) is 0 Å². The van der Waals surface area contributed by atoms with Gasteiger partial charge in [-0.15, -0.1) is 0 Å². The Balaban J connectivity index is 2.20. The maximum atomic E-state index is 6.02. The van der Waals surface area contributed by atoms with Crippen LogP contribution >= 0.6 is 0 Å².